The number of aromatic nitrogens is 3. The molecule has 0 amide bonds. The van der Waals surface area contributed by atoms with Gasteiger partial charge in [0.25, 0.3) is 5.22 Å². The van der Waals surface area contributed by atoms with Gasteiger partial charge in [-0.05, 0) is 32.0 Å². The molecular weight excluding hydrogens is 248 g/mol. The van der Waals surface area contributed by atoms with Crippen LogP contribution in [0, 0.1) is 13.8 Å². The number of nitrogens with zero attached hydrogens (tertiary/aromatic N) is 3. The van der Waals surface area contributed by atoms with Crippen LogP contribution in [-0.4, -0.2) is 15.0 Å². The van der Waals surface area contributed by atoms with Crippen molar-refractivity contribution in [3.8, 4) is 0 Å². The molecule has 0 spiro atoms. The van der Waals surface area contributed by atoms with Gasteiger partial charge in [-0.1, -0.05) is 13.3 Å². The first-order valence-corrected chi connectivity index (χ1v) is 6.64. The molecule has 0 aliphatic carbocycles. The fourth-order valence-corrected chi connectivity index (χ4v) is 2.50. The SMILES string of the molecule is CCCc1c(N)ncnc1Sc1nc(C)c(C)o1. The summed E-state index contributed by atoms with van der Waals surface area (Å²) in [5.41, 5.74) is 7.75. The topological polar surface area (TPSA) is 77.8 Å². The van der Waals surface area contributed by atoms with E-state index in [4.69, 9.17) is 10.2 Å². The summed E-state index contributed by atoms with van der Waals surface area (Å²) >= 11 is 1.39. The number of rotatable bonds is 4. The maximum atomic E-state index is 5.88. The monoisotopic (exact) mass is 264 g/mol. The van der Waals surface area contributed by atoms with E-state index in [2.05, 4.69) is 21.9 Å². The van der Waals surface area contributed by atoms with Crippen molar-refractivity contribution in [3.05, 3.63) is 23.3 Å². The molecule has 0 aliphatic heterocycles. The summed E-state index contributed by atoms with van der Waals surface area (Å²) in [6.07, 6.45) is 3.32. The molecule has 2 aromatic heterocycles. The third-order valence-electron chi connectivity index (χ3n) is 2.63. The molecule has 2 rings (SSSR count). The first-order valence-electron chi connectivity index (χ1n) is 5.83. The lowest BCUT2D eigenvalue weighted by Crippen LogP contribution is -2.01. The first kappa shape index (κ1) is 12.9. The molecule has 0 unspecified atom stereocenters. The third kappa shape index (κ3) is 2.64. The molecule has 0 aromatic carbocycles. The first-order chi connectivity index (χ1) is 8.61. The molecular formula is C12H16N4OS. The molecule has 96 valence electrons. The molecule has 2 N–H and O–H groups in total. The predicted molar refractivity (Wildman–Crippen MR) is 70.5 cm³/mol. The van der Waals surface area contributed by atoms with Gasteiger partial charge in [-0.3, -0.25) is 0 Å². The van der Waals surface area contributed by atoms with Crippen LogP contribution in [0.5, 0.6) is 0 Å². The van der Waals surface area contributed by atoms with Crippen molar-refractivity contribution in [2.45, 2.75) is 43.9 Å². The summed E-state index contributed by atoms with van der Waals surface area (Å²) in [4.78, 5) is 12.6. The number of hydrogen-bond acceptors (Lipinski definition) is 6. The summed E-state index contributed by atoms with van der Waals surface area (Å²) in [5, 5.41) is 1.42. The van der Waals surface area contributed by atoms with Gasteiger partial charge in [0.2, 0.25) is 0 Å². The molecule has 0 atom stereocenters. The molecule has 5 nitrogen and oxygen atoms in total. The Balaban J connectivity index is 2.30. The standard InChI is InChI=1S/C12H16N4OS/c1-4-5-9-10(13)14-6-15-11(9)18-12-16-7(2)8(3)17-12/h6H,4-5H2,1-3H3,(H2,13,14,15). The molecule has 0 saturated heterocycles. The van der Waals surface area contributed by atoms with Crippen molar-refractivity contribution < 1.29 is 4.42 Å². The molecule has 2 heterocycles. The van der Waals surface area contributed by atoms with Gasteiger partial charge in [-0.2, -0.15) is 0 Å². The summed E-state index contributed by atoms with van der Waals surface area (Å²) in [7, 11) is 0. The van der Waals surface area contributed by atoms with Crippen molar-refractivity contribution in [2.24, 2.45) is 0 Å². The van der Waals surface area contributed by atoms with Crippen LogP contribution in [0.15, 0.2) is 21.0 Å². The van der Waals surface area contributed by atoms with Gasteiger partial charge in [-0.15, -0.1) is 0 Å². The van der Waals surface area contributed by atoms with E-state index in [0.29, 0.717) is 11.0 Å². The Kier molecular flexibility index (Phi) is 3.86. The van der Waals surface area contributed by atoms with E-state index in [0.717, 1.165) is 34.9 Å². The lowest BCUT2D eigenvalue weighted by Gasteiger charge is -2.06. The van der Waals surface area contributed by atoms with Crippen LogP contribution >= 0.6 is 11.8 Å². The maximum Gasteiger partial charge on any atom is 0.262 e. The van der Waals surface area contributed by atoms with E-state index in [-0.39, 0.29) is 0 Å². The lowest BCUT2D eigenvalue weighted by atomic mass is 10.2. The lowest BCUT2D eigenvalue weighted by molar-refractivity contribution is 0.431. The van der Waals surface area contributed by atoms with E-state index < -0.39 is 0 Å². The highest BCUT2D eigenvalue weighted by molar-refractivity contribution is 7.99. The molecule has 0 bridgehead atoms. The van der Waals surface area contributed by atoms with E-state index in [1.54, 1.807) is 0 Å². The van der Waals surface area contributed by atoms with Gasteiger partial charge in [0.05, 0.1) is 5.69 Å². The Labute approximate surface area is 110 Å². The fraction of sp³-hybridized carbons (Fsp3) is 0.417. The highest BCUT2D eigenvalue weighted by atomic mass is 32.2. The molecule has 0 radical (unpaired) electrons. The second-order valence-electron chi connectivity index (χ2n) is 4.02. The van der Waals surface area contributed by atoms with Crippen molar-refractivity contribution in [1.29, 1.82) is 0 Å². The van der Waals surface area contributed by atoms with E-state index >= 15 is 0 Å². The van der Waals surface area contributed by atoms with Gasteiger partial charge in [0, 0.05) is 5.56 Å². The number of anilines is 1. The maximum absolute atomic E-state index is 5.88. The van der Waals surface area contributed by atoms with Crippen LogP contribution in [0.25, 0.3) is 0 Å². The number of hydrogen-bond donors (Lipinski definition) is 1. The number of nitrogen functional groups attached to an aromatic ring is 1. The second kappa shape index (κ2) is 5.39. The van der Waals surface area contributed by atoms with Crippen LogP contribution in [0.1, 0.15) is 30.4 Å². The van der Waals surface area contributed by atoms with Crippen molar-refractivity contribution in [2.75, 3.05) is 5.73 Å². The Morgan fingerprint density at radius 1 is 1.33 bits per heavy atom. The van der Waals surface area contributed by atoms with Crippen LogP contribution in [-0.2, 0) is 6.42 Å². The number of oxazole rings is 1. The summed E-state index contributed by atoms with van der Waals surface area (Å²) < 4.78 is 5.54. The minimum absolute atomic E-state index is 0.536. The van der Waals surface area contributed by atoms with E-state index in [1.165, 1.54) is 18.1 Å². The smallest absolute Gasteiger partial charge is 0.262 e. The molecule has 0 aliphatic rings. The van der Waals surface area contributed by atoms with Gasteiger partial charge in [-0.25, -0.2) is 15.0 Å². The third-order valence-corrected chi connectivity index (χ3v) is 3.53. The van der Waals surface area contributed by atoms with Crippen LogP contribution in [0.4, 0.5) is 5.82 Å². The van der Waals surface area contributed by atoms with Gasteiger partial charge < -0.3 is 10.2 Å². The van der Waals surface area contributed by atoms with Crippen LogP contribution in [0.3, 0.4) is 0 Å². The van der Waals surface area contributed by atoms with Gasteiger partial charge in [0.15, 0.2) is 0 Å². The Morgan fingerprint density at radius 2 is 2.11 bits per heavy atom. The fourth-order valence-electron chi connectivity index (χ4n) is 1.55. The van der Waals surface area contributed by atoms with Crippen molar-refractivity contribution >= 4 is 17.6 Å². The zero-order valence-electron chi connectivity index (χ0n) is 10.7. The average Bonchev–Trinajstić information content (AvgIpc) is 2.63. The molecule has 18 heavy (non-hydrogen) atoms. The summed E-state index contributed by atoms with van der Waals surface area (Å²) in [6.45, 7) is 5.91. The van der Waals surface area contributed by atoms with Gasteiger partial charge >= 0.3 is 0 Å². The zero-order chi connectivity index (χ0) is 13.1. The number of nitrogens with two attached hydrogens (primary N) is 1. The van der Waals surface area contributed by atoms with Crippen molar-refractivity contribution in [1.82, 2.24) is 15.0 Å². The average molecular weight is 264 g/mol. The molecule has 0 saturated carbocycles. The Hall–Kier alpha value is -1.56. The summed E-state index contributed by atoms with van der Waals surface area (Å²) in [6, 6.07) is 0. The Morgan fingerprint density at radius 3 is 2.72 bits per heavy atom. The Bertz CT molecular complexity index is 534. The quantitative estimate of drug-likeness (QED) is 0.855. The van der Waals surface area contributed by atoms with E-state index in [9.17, 15) is 0 Å². The van der Waals surface area contributed by atoms with E-state index in [1.807, 2.05) is 13.8 Å². The predicted octanol–water partition coefficient (Wildman–Crippen LogP) is 2.77. The zero-order valence-corrected chi connectivity index (χ0v) is 11.5. The minimum Gasteiger partial charge on any atom is -0.436 e. The molecule has 2 aromatic rings. The van der Waals surface area contributed by atoms with Gasteiger partial charge in [0.1, 0.15) is 22.9 Å². The van der Waals surface area contributed by atoms with Crippen molar-refractivity contribution in [3.63, 3.8) is 0 Å². The highest BCUT2D eigenvalue weighted by Gasteiger charge is 2.14. The highest BCUT2D eigenvalue weighted by Crippen LogP contribution is 2.31. The molecule has 6 heteroatoms. The van der Waals surface area contributed by atoms with Crippen LogP contribution in [0.2, 0.25) is 0 Å². The number of aryl methyl sites for hydroxylation is 2. The largest absolute Gasteiger partial charge is 0.436 e. The normalized spacial score (nSPS) is 10.8. The minimum atomic E-state index is 0.536. The van der Waals surface area contributed by atoms with Crippen LogP contribution < -0.4 is 5.73 Å². The summed E-state index contributed by atoms with van der Waals surface area (Å²) in [5.74, 6) is 1.37. The second-order valence-corrected chi connectivity index (χ2v) is 4.96. The molecule has 0 fully saturated rings.